The van der Waals surface area contributed by atoms with Crippen LogP contribution < -0.4 is 10.6 Å². The Hall–Kier alpha value is -2.34. The second kappa shape index (κ2) is 9.44. The zero-order chi connectivity index (χ0) is 20.9. The molecular formula is C23H34N4O2. The summed E-state index contributed by atoms with van der Waals surface area (Å²) in [6, 6.07) is 8.67. The van der Waals surface area contributed by atoms with Gasteiger partial charge < -0.3 is 19.8 Å². The molecule has 6 nitrogen and oxygen atoms in total. The van der Waals surface area contributed by atoms with Gasteiger partial charge in [0.1, 0.15) is 5.76 Å². The van der Waals surface area contributed by atoms with Crippen LogP contribution in [0.2, 0.25) is 0 Å². The Balaban J connectivity index is 1.55. The molecule has 2 heterocycles. The Morgan fingerprint density at radius 1 is 1.21 bits per heavy atom. The number of benzene rings is 1. The van der Waals surface area contributed by atoms with Crippen molar-refractivity contribution in [3.63, 3.8) is 0 Å². The lowest BCUT2D eigenvalue weighted by Gasteiger charge is -2.32. The number of guanidine groups is 1. The highest BCUT2D eigenvalue weighted by molar-refractivity contribution is 5.79. The van der Waals surface area contributed by atoms with E-state index in [1.807, 2.05) is 0 Å². The number of hydrogen-bond donors (Lipinski definition) is 2. The maximum Gasteiger partial charge on any atom is 0.213 e. The van der Waals surface area contributed by atoms with Crippen molar-refractivity contribution in [2.75, 3.05) is 20.2 Å². The van der Waals surface area contributed by atoms with E-state index < -0.39 is 0 Å². The fraction of sp³-hybridized carbons (Fsp3) is 0.565. The van der Waals surface area contributed by atoms with Crippen LogP contribution in [0.25, 0.3) is 0 Å². The molecule has 1 aliphatic heterocycles. The summed E-state index contributed by atoms with van der Waals surface area (Å²) in [5, 5.41) is 6.74. The van der Waals surface area contributed by atoms with Gasteiger partial charge in [-0.05, 0) is 25.3 Å². The van der Waals surface area contributed by atoms with Gasteiger partial charge >= 0.3 is 0 Å². The molecule has 3 rings (SSSR count). The molecular weight excluding hydrogens is 364 g/mol. The number of oxazole rings is 1. The zero-order valence-electron chi connectivity index (χ0n) is 18.3. The van der Waals surface area contributed by atoms with E-state index >= 15 is 0 Å². The molecule has 1 aromatic heterocycles. The molecule has 0 spiro atoms. The van der Waals surface area contributed by atoms with Crippen LogP contribution in [0.3, 0.4) is 0 Å². The molecule has 0 bridgehead atoms. The van der Waals surface area contributed by atoms with Gasteiger partial charge in [-0.3, -0.25) is 4.99 Å². The van der Waals surface area contributed by atoms with Gasteiger partial charge in [-0.2, -0.15) is 0 Å². The first-order chi connectivity index (χ1) is 13.9. The second-order valence-electron chi connectivity index (χ2n) is 8.78. The number of nitrogens with zero attached hydrogens (tertiary/aromatic N) is 2. The zero-order valence-corrected chi connectivity index (χ0v) is 18.3. The summed E-state index contributed by atoms with van der Waals surface area (Å²) >= 11 is 0. The third kappa shape index (κ3) is 5.82. The molecule has 1 saturated heterocycles. The minimum atomic E-state index is -0.0445. The molecule has 0 amide bonds. The summed E-state index contributed by atoms with van der Waals surface area (Å²) in [6.07, 6.45) is 4.15. The highest BCUT2D eigenvalue weighted by atomic mass is 16.5. The van der Waals surface area contributed by atoms with Crippen molar-refractivity contribution in [3.8, 4) is 0 Å². The van der Waals surface area contributed by atoms with E-state index in [0.29, 0.717) is 18.4 Å². The predicted octanol–water partition coefficient (Wildman–Crippen LogP) is 4.11. The van der Waals surface area contributed by atoms with Crippen LogP contribution in [-0.4, -0.2) is 31.1 Å². The summed E-state index contributed by atoms with van der Waals surface area (Å²) in [4.78, 5) is 8.70. The van der Waals surface area contributed by atoms with Gasteiger partial charge in [-0.15, -0.1) is 0 Å². The first-order valence-electron chi connectivity index (χ1n) is 10.4. The Kier molecular flexibility index (Phi) is 6.96. The van der Waals surface area contributed by atoms with Crippen LogP contribution in [-0.2, 0) is 16.7 Å². The van der Waals surface area contributed by atoms with Crippen LogP contribution in [0, 0.1) is 12.8 Å². The average molecular weight is 399 g/mol. The molecule has 158 valence electrons. The van der Waals surface area contributed by atoms with Gasteiger partial charge in [-0.25, -0.2) is 4.98 Å². The molecule has 1 aromatic carbocycles. The van der Waals surface area contributed by atoms with Crippen molar-refractivity contribution in [2.45, 2.75) is 58.6 Å². The van der Waals surface area contributed by atoms with E-state index in [-0.39, 0.29) is 11.5 Å². The Labute approximate surface area is 174 Å². The Morgan fingerprint density at radius 3 is 2.62 bits per heavy atom. The number of ether oxygens (including phenoxy) is 1. The summed E-state index contributed by atoms with van der Waals surface area (Å²) in [5.74, 6) is 2.70. The van der Waals surface area contributed by atoms with Gasteiger partial charge in [0, 0.05) is 31.5 Å². The Bertz CT molecular complexity index is 805. The minimum absolute atomic E-state index is 0.0445. The molecule has 2 unspecified atom stereocenters. The van der Waals surface area contributed by atoms with Gasteiger partial charge in [-0.1, -0.05) is 50.6 Å². The van der Waals surface area contributed by atoms with E-state index in [1.54, 1.807) is 13.2 Å². The summed E-state index contributed by atoms with van der Waals surface area (Å²) < 4.78 is 12.0. The standard InChI is InChI=1S/C23H34N4O2/c1-16-8-10-17(11-9-16)21-18(7-6-12-28-21)13-26-22(24-5)27-15-20-25-14-19(29-20)23(2,3)4/h8-11,14,18,21H,6-7,12-13,15H2,1-5H3,(H2,24,26,27). The number of aryl methyl sites for hydroxylation is 1. The third-order valence-corrected chi connectivity index (χ3v) is 5.31. The second-order valence-corrected chi connectivity index (χ2v) is 8.78. The van der Waals surface area contributed by atoms with Crippen molar-refractivity contribution in [1.82, 2.24) is 15.6 Å². The normalized spacial score (nSPS) is 20.5. The van der Waals surface area contributed by atoms with E-state index in [9.17, 15) is 0 Å². The molecule has 2 atom stereocenters. The lowest BCUT2D eigenvalue weighted by molar-refractivity contribution is -0.0265. The topological polar surface area (TPSA) is 71.7 Å². The largest absolute Gasteiger partial charge is 0.443 e. The molecule has 1 fully saturated rings. The fourth-order valence-corrected chi connectivity index (χ4v) is 3.52. The summed E-state index contributed by atoms with van der Waals surface area (Å²) in [6.45, 7) is 10.6. The maximum atomic E-state index is 6.12. The number of aliphatic imine (C=N–C) groups is 1. The van der Waals surface area contributed by atoms with Crippen molar-refractivity contribution in [2.24, 2.45) is 10.9 Å². The SMILES string of the molecule is CN=C(NCc1ncc(C(C)(C)C)o1)NCC1CCCOC1c1ccc(C)cc1. The van der Waals surface area contributed by atoms with Crippen molar-refractivity contribution in [1.29, 1.82) is 0 Å². The lowest BCUT2D eigenvalue weighted by atomic mass is 9.89. The van der Waals surface area contributed by atoms with Crippen LogP contribution >= 0.6 is 0 Å². The monoisotopic (exact) mass is 398 g/mol. The Morgan fingerprint density at radius 2 is 1.97 bits per heavy atom. The van der Waals surface area contributed by atoms with Gasteiger partial charge in [0.2, 0.25) is 5.89 Å². The number of aromatic nitrogens is 1. The molecule has 1 aliphatic rings. The van der Waals surface area contributed by atoms with E-state index in [0.717, 1.165) is 37.7 Å². The van der Waals surface area contributed by atoms with Crippen LogP contribution in [0.1, 0.15) is 62.5 Å². The van der Waals surface area contributed by atoms with Crippen molar-refractivity contribution in [3.05, 3.63) is 53.2 Å². The average Bonchev–Trinajstić information content (AvgIpc) is 3.19. The molecule has 0 radical (unpaired) electrons. The van der Waals surface area contributed by atoms with Crippen LogP contribution in [0.5, 0.6) is 0 Å². The van der Waals surface area contributed by atoms with Gasteiger partial charge in [0.05, 0.1) is 18.8 Å². The van der Waals surface area contributed by atoms with Gasteiger partial charge in [0.15, 0.2) is 5.96 Å². The first-order valence-corrected chi connectivity index (χ1v) is 10.4. The quantitative estimate of drug-likeness (QED) is 0.586. The van der Waals surface area contributed by atoms with E-state index in [4.69, 9.17) is 9.15 Å². The van der Waals surface area contributed by atoms with E-state index in [1.165, 1.54) is 11.1 Å². The molecule has 2 N–H and O–H groups in total. The van der Waals surface area contributed by atoms with Crippen molar-refractivity contribution < 1.29 is 9.15 Å². The molecule has 6 heteroatoms. The van der Waals surface area contributed by atoms with Crippen molar-refractivity contribution >= 4 is 5.96 Å². The molecule has 0 saturated carbocycles. The highest BCUT2D eigenvalue weighted by Crippen LogP contribution is 2.33. The minimum Gasteiger partial charge on any atom is -0.443 e. The number of nitrogens with one attached hydrogen (secondary N) is 2. The van der Waals surface area contributed by atoms with Gasteiger partial charge in [0.25, 0.3) is 0 Å². The summed E-state index contributed by atoms with van der Waals surface area (Å²) in [5.41, 5.74) is 2.47. The fourth-order valence-electron chi connectivity index (χ4n) is 3.52. The number of hydrogen-bond acceptors (Lipinski definition) is 4. The molecule has 0 aliphatic carbocycles. The first kappa shape index (κ1) is 21.4. The smallest absolute Gasteiger partial charge is 0.213 e. The summed E-state index contributed by atoms with van der Waals surface area (Å²) in [7, 11) is 1.78. The predicted molar refractivity (Wildman–Crippen MR) is 116 cm³/mol. The molecule has 2 aromatic rings. The van der Waals surface area contributed by atoms with Crippen LogP contribution in [0.4, 0.5) is 0 Å². The third-order valence-electron chi connectivity index (χ3n) is 5.31. The number of rotatable bonds is 5. The lowest BCUT2D eigenvalue weighted by Crippen LogP contribution is -2.41. The molecule has 29 heavy (non-hydrogen) atoms. The maximum absolute atomic E-state index is 6.12. The highest BCUT2D eigenvalue weighted by Gasteiger charge is 2.27. The van der Waals surface area contributed by atoms with E-state index in [2.05, 4.69) is 72.6 Å². The van der Waals surface area contributed by atoms with Crippen LogP contribution in [0.15, 0.2) is 39.9 Å².